The number of carbonyl (C=O) groups excluding carboxylic acids is 2. The Hall–Kier alpha value is -2.97. The number of nitro benzene ring substituents is 1. The van der Waals surface area contributed by atoms with Gasteiger partial charge in [0.2, 0.25) is 11.8 Å². The lowest BCUT2D eigenvalue weighted by molar-refractivity contribution is -0.384. The van der Waals surface area contributed by atoms with Crippen LogP contribution >= 0.6 is 11.6 Å². The van der Waals surface area contributed by atoms with Gasteiger partial charge in [0.25, 0.3) is 5.69 Å². The number of hydrogen-bond acceptors (Lipinski definition) is 6. The monoisotopic (exact) mass is 414 g/mol. The summed E-state index contributed by atoms with van der Waals surface area (Å²) in [6, 6.07) is 10.4. The smallest absolute Gasteiger partial charge is 0.275 e. The van der Waals surface area contributed by atoms with E-state index in [1.54, 1.807) is 24.3 Å². The van der Waals surface area contributed by atoms with Crippen molar-refractivity contribution >= 4 is 34.8 Å². The fourth-order valence-corrected chi connectivity index (χ4v) is 4.59. The molecule has 0 radical (unpaired) electrons. The summed E-state index contributed by atoms with van der Waals surface area (Å²) in [6.45, 7) is 0. The van der Waals surface area contributed by atoms with Gasteiger partial charge in [-0.05, 0) is 37.1 Å². The average molecular weight is 415 g/mol. The Balaban J connectivity index is 1.52. The number of rotatable bonds is 4. The first-order valence-corrected chi connectivity index (χ1v) is 9.56. The van der Waals surface area contributed by atoms with Crippen LogP contribution in [0.3, 0.4) is 0 Å². The standard InChI is InChI=1S/C20H15ClN2O6/c21-10-1-3-13(4-2-10)28-14-8-11(7-12(9-14)23(26)27)22-19(24)17-15-5-6-16(29-15)18(17)20(22)25/h1-4,7-9,15-18H,5-6H2/t15-,16+,17-,18-/m0/s1. The van der Waals surface area contributed by atoms with Crippen LogP contribution in [0.15, 0.2) is 42.5 Å². The maximum atomic E-state index is 13.0. The molecule has 0 aliphatic carbocycles. The van der Waals surface area contributed by atoms with Crippen LogP contribution in [0.1, 0.15) is 12.8 Å². The number of fused-ring (bicyclic) bond motifs is 5. The molecule has 2 amide bonds. The van der Waals surface area contributed by atoms with Crippen molar-refractivity contribution in [2.75, 3.05) is 4.90 Å². The second-order valence-corrected chi connectivity index (χ2v) is 7.79. The molecule has 2 aromatic rings. The van der Waals surface area contributed by atoms with Gasteiger partial charge in [-0.1, -0.05) is 11.6 Å². The summed E-state index contributed by atoms with van der Waals surface area (Å²) in [6.07, 6.45) is 0.988. The Morgan fingerprint density at radius 3 is 2.21 bits per heavy atom. The summed E-state index contributed by atoms with van der Waals surface area (Å²) in [5.41, 5.74) is -0.143. The zero-order valence-corrected chi connectivity index (χ0v) is 15.7. The van der Waals surface area contributed by atoms with Crippen LogP contribution < -0.4 is 9.64 Å². The van der Waals surface area contributed by atoms with Crippen molar-refractivity contribution in [2.24, 2.45) is 11.8 Å². The minimum atomic E-state index is -0.586. The van der Waals surface area contributed by atoms with E-state index in [0.29, 0.717) is 10.8 Å². The maximum absolute atomic E-state index is 13.0. The van der Waals surface area contributed by atoms with E-state index in [1.165, 1.54) is 18.2 Å². The van der Waals surface area contributed by atoms with Crippen LogP contribution in [0.4, 0.5) is 11.4 Å². The van der Waals surface area contributed by atoms with E-state index in [2.05, 4.69) is 0 Å². The van der Waals surface area contributed by atoms with Gasteiger partial charge >= 0.3 is 0 Å². The number of non-ortho nitro benzene ring substituents is 1. The highest BCUT2D eigenvalue weighted by atomic mass is 35.5. The molecule has 29 heavy (non-hydrogen) atoms. The topological polar surface area (TPSA) is 99.0 Å². The first kappa shape index (κ1) is 18.1. The van der Waals surface area contributed by atoms with Gasteiger partial charge in [0, 0.05) is 17.2 Å². The molecule has 0 spiro atoms. The summed E-state index contributed by atoms with van der Waals surface area (Å²) in [5.74, 6) is -1.20. The molecule has 3 heterocycles. The van der Waals surface area contributed by atoms with Crippen molar-refractivity contribution in [3.63, 3.8) is 0 Å². The number of imide groups is 1. The molecule has 4 atom stereocenters. The predicted molar refractivity (Wildman–Crippen MR) is 102 cm³/mol. The number of ether oxygens (including phenoxy) is 2. The van der Waals surface area contributed by atoms with Crippen molar-refractivity contribution < 1.29 is 24.0 Å². The largest absolute Gasteiger partial charge is 0.457 e. The number of hydrogen-bond donors (Lipinski definition) is 0. The molecule has 0 saturated carbocycles. The third-order valence-corrected chi connectivity index (χ3v) is 5.93. The zero-order valence-electron chi connectivity index (χ0n) is 15.0. The molecular weight excluding hydrogens is 400 g/mol. The van der Waals surface area contributed by atoms with Crippen molar-refractivity contribution in [3.05, 3.63) is 57.6 Å². The number of nitro groups is 1. The summed E-state index contributed by atoms with van der Waals surface area (Å²) in [7, 11) is 0. The predicted octanol–water partition coefficient (Wildman–Crippen LogP) is 3.71. The van der Waals surface area contributed by atoms with Gasteiger partial charge in [-0.15, -0.1) is 0 Å². The van der Waals surface area contributed by atoms with Gasteiger partial charge in [0.05, 0.1) is 40.7 Å². The molecule has 5 rings (SSSR count). The first-order valence-electron chi connectivity index (χ1n) is 9.18. The Bertz CT molecular complexity index is 1010. The third-order valence-electron chi connectivity index (χ3n) is 5.68. The summed E-state index contributed by atoms with van der Waals surface area (Å²) >= 11 is 5.86. The van der Waals surface area contributed by atoms with Gasteiger partial charge in [-0.3, -0.25) is 19.7 Å². The summed E-state index contributed by atoms with van der Waals surface area (Å²) < 4.78 is 11.4. The summed E-state index contributed by atoms with van der Waals surface area (Å²) in [5, 5.41) is 11.9. The number of carbonyl (C=O) groups is 2. The van der Waals surface area contributed by atoms with Crippen LogP contribution in [-0.4, -0.2) is 28.9 Å². The lowest BCUT2D eigenvalue weighted by Gasteiger charge is -2.18. The van der Waals surface area contributed by atoms with Crippen LogP contribution in [0, 0.1) is 22.0 Å². The third kappa shape index (κ3) is 2.87. The van der Waals surface area contributed by atoms with Gasteiger partial charge < -0.3 is 9.47 Å². The Kier molecular flexibility index (Phi) is 4.07. The molecule has 0 N–H and O–H groups in total. The Labute approximate surface area is 170 Å². The second-order valence-electron chi connectivity index (χ2n) is 7.35. The van der Waals surface area contributed by atoms with E-state index < -0.39 is 16.8 Å². The van der Waals surface area contributed by atoms with Crippen molar-refractivity contribution in [1.82, 2.24) is 0 Å². The fraction of sp³-hybridized carbons (Fsp3) is 0.300. The van der Waals surface area contributed by atoms with Gasteiger partial charge in [-0.2, -0.15) is 0 Å². The molecule has 148 valence electrons. The number of amides is 2. The fourth-order valence-electron chi connectivity index (χ4n) is 4.47. The molecule has 9 heteroatoms. The minimum Gasteiger partial charge on any atom is -0.457 e. The molecule has 8 nitrogen and oxygen atoms in total. The number of nitrogens with zero attached hydrogens (tertiary/aromatic N) is 2. The van der Waals surface area contributed by atoms with E-state index in [-0.39, 0.29) is 41.1 Å². The minimum absolute atomic E-state index is 0.131. The van der Waals surface area contributed by atoms with E-state index in [9.17, 15) is 19.7 Å². The second kappa shape index (κ2) is 6.53. The molecule has 3 aliphatic rings. The van der Waals surface area contributed by atoms with Gasteiger partial charge in [-0.25, -0.2) is 4.90 Å². The zero-order chi connectivity index (χ0) is 20.3. The molecule has 3 aliphatic heterocycles. The van der Waals surface area contributed by atoms with E-state index in [0.717, 1.165) is 17.7 Å². The van der Waals surface area contributed by atoms with Gasteiger partial charge in [0.1, 0.15) is 11.5 Å². The highest BCUT2D eigenvalue weighted by Crippen LogP contribution is 2.50. The Morgan fingerprint density at radius 1 is 1.00 bits per heavy atom. The lowest BCUT2D eigenvalue weighted by Crippen LogP contribution is -2.34. The van der Waals surface area contributed by atoms with Crippen molar-refractivity contribution in [1.29, 1.82) is 0 Å². The van der Waals surface area contributed by atoms with Crippen LogP contribution in [0.2, 0.25) is 5.02 Å². The van der Waals surface area contributed by atoms with Crippen molar-refractivity contribution in [3.8, 4) is 11.5 Å². The Morgan fingerprint density at radius 2 is 1.62 bits per heavy atom. The highest BCUT2D eigenvalue weighted by Gasteiger charge is 2.62. The van der Waals surface area contributed by atoms with Crippen LogP contribution in [-0.2, 0) is 14.3 Å². The highest BCUT2D eigenvalue weighted by molar-refractivity contribution is 6.30. The molecule has 0 aromatic heterocycles. The van der Waals surface area contributed by atoms with Crippen LogP contribution in [0.5, 0.6) is 11.5 Å². The molecule has 3 fully saturated rings. The molecular formula is C20H15ClN2O6. The molecule has 2 bridgehead atoms. The SMILES string of the molecule is O=C1[C@@H]2[C@@H](C(=O)N1c1cc(Oc3ccc(Cl)cc3)cc([N+](=O)[O-])c1)[C@H]1CC[C@@H]2O1. The van der Waals surface area contributed by atoms with Crippen LogP contribution in [0.25, 0.3) is 0 Å². The van der Waals surface area contributed by atoms with Crippen molar-refractivity contribution in [2.45, 2.75) is 25.0 Å². The maximum Gasteiger partial charge on any atom is 0.275 e. The lowest BCUT2D eigenvalue weighted by atomic mass is 9.81. The molecule has 3 saturated heterocycles. The van der Waals surface area contributed by atoms with E-state index in [1.807, 2.05) is 0 Å². The molecule has 0 unspecified atom stereocenters. The number of benzene rings is 2. The quantitative estimate of drug-likeness (QED) is 0.429. The molecule has 2 aromatic carbocycles. The van der Waals surface area contributed by atoms with Gasteiger partial charge in [0.15, 0.2) is 0 Å². The number of anilines is 1. The van der Waals surface area contributed by atoms with E-state index in [4.69, 9.17) is 21.1 Å². The summed E-state index contributed by atoms with van der Waals surface area (Å²) in [4.78, 5) is 37.8. The van der Waals surface area contributed by atoms with E-state index >= 15 is 0 Å². The average Bonchev–Trinajstić information content (AvgIpc) is 3.37. The normalized spacial score (nSPS) is 27.4. The first-order chi connectivity index (χ1) is 13.9. The number of halogens is 1.